The minimum Gasteiger partial charge on any atom is -0.497 e. The summed E-state index contributed by atoms with van der Waals surface area (Å²) in [5, 5.41) is 1.54. The van der Waals surface area contributed by atoms with Gasteiger partial charge in [-0.25, -0.2) is 0 Å². The Morgan fingerprint density at radius 3 is 2.33 bits per heavy atom. The van der Waals surface area contributed by atoms with Gasteiger partial charge in [0.2, 0.25) is 0 Å². The zero-order chi connectivity index (χ0) is 17.5. The number of ether oxygens (including phenoxy) is 1. The molecule has 3 heteroatoms. The second kappa shape index (κ2) is 9.50. The van der Waals surface area contributed by atoms with Crippen LogP contribution in [-0.4, -0.2) is 23.9 Å². The topological polar surface area (TPSA) is 26.3 Å². The largest absolute Gasteiger partial charge is 0.497 e. The molecule has 24 heavy (non-hydrogen) atoms. The van der Waals surface area contributed by atoms with Gasteiger partial charge in [-0.05, 0) is 61.6 Å². The van der Waals surface area contributed by atoms with Crippen molar-refractivity contribution in [1.29, 1.82) is 0 Å². The monoisotopic (exact) mass is 348 g/mol. The number of carbonyl (C=O) groups excluding carboxylic acids is 1. The number of carbonyl (C=O) groups is 1. The molecule has 0 amide bonds. The first kappa shape index (κ1) is 19.4. The molecule has 2 aliphatic heterocycles. The molecular weight excluding hydrogens is 316 g/mol. The van der Waals surface area contributed by atoms with Crippen molar-refractivity contribution in [3.8, 4) is 5.75 Å². The first-order valence-electron chi connectivity index (χ1n) is 9.32. The first-order valence-corrected chi connectivity index (χ1v) is 10.3. The second-order valence-electron chi connectivity index (χ2n) is 7.42. The van der Waals surface area contributed by atoms with Crippen LogP contribution in [0.1, 0.15) is 64.4 Å². The van der Waals surface area contributed by atoms with Gasteiger partial charge in [0.15, 0.2) is 0 Å². The number of aldehydes is 1. The van der Waals surface area contributed by atoms with E-state index in [2.05, 4.69) is 45.0 Å². The van der Waals surface area contributed by atoms with E-state index in [9.17, 15) is 4.79 Å². The van der Waals surface area contributed by atoms with Crippen LogP contribution >= 0.6 is 11.8 Å². The molecule has 0 saturated carbocycles. The molecule has 134 valence electrons. The molecule has 2 aliphatic rings. The van der Waals surface area contributed by atoms with E-state index in [1.807, 2.05) is 11.8 Å². The summed E-state index contributed by atoms with van der Waals surface area (Å²) in [6.45, 7) is 6.83. The van der Waals surface area contributed by atoms with Gasteiger partial charge in [-0.15, -0.1) is 0 Å². The maximum atomic E-state index is 10.4. The molecule has 0 aromatic heterocycles. The number of fused-ring (bicyclic) bond motifs is 2. The molecule has 2 bridgehead atoms. The number of hydrogen-bond donors (Lipinski definition) is 0. The van der Waals surface area contributed by atoms with Crippen molar-refractivity contribution >= 4 is 18.0 Å². The van der Waals surface area contributed by atoms with Crippen LogP contribution in [0.15, 0.2) is 24.3 Å². The van der Waals surface area contributed by atoms with Crippen LogP contribution in [0.25, 0.3) is 0 Å². The van der Waals surface area contributed by atoms with E-state index >= 15 is 0 Å². The zero-order valence-electron chi connectivity index (χ0n) is 15.5. The van der Waals surface area contributed by atoms with Crippen molar-refractivity contribution in [2.24, 2.45) is 11.8 Å². The Morgan fingerprint density at radius 2 is 1.96 bits per heavy atom. The summed E-state index contributed by atoms with van der Waals surface area (Å²) >= 11 is 2.03. The fourth-order valence-corrected chi connectivity index (χ4v) is 5.55. The van der Waals surface area contributed by atoms with Gasteiger partial charge in [0, 0.05) is 16.4 Å². The average Bonchev–Trinajstić information content (AvgIpc) is 3.23. The van der Waals surface area contributed by atoms with E-state index < -0.39 is 0 Å². The minimum atomic E-state index is 0.411. The summed E-state index contributed by atoms with van der Waals surface area (Å²) in [5.74, 6) is 2.81. The number of thioether (sulfide) groups is 1. The first-order chi connectivity index (χ1) is 11.6. The lowest BCUT2D eigenvalue weighted by molar-refractivity contribution is -0.111. The van der Waals surface area contributed by atoms with E-state index in [0.29, 0.717) is 17.1 Å². The highest BCUT2D eigenvalue weighted by atomic mass is 32.2. The Hall–Kier alpha value is -0.960. The number of rotatable bonds is 6. The molecule has 2 saturated heterocycles. The van der Waals surface area contributed by atoms with E-state index in [4.69, 9.17) is 4.74 Å². The van der Waals surface area contributed by atoms with Crippen molar-refractivity contribution in [3.05, 3.63) is 29.8 Å². The van der Waals surface area contributed by atoms with Crippen LogP contribution in [0.4, 0.5) is 0 Å². The van der Waals surface area contributed by atoms with Gasteiger partial charge in [0.05, 0.1) is 7.11 Å². The van der Waals surface area contributed by atoms with Gasteiger partial charge in [0.25, 0.3) is 0 Å². The summed E-state index contributed by atoms with van der Waals surface area (Å²) in [6, 6.07) is 8.49. The number of methoxy groups -OCH3 is 1. The van der Waals surface area contributed by atoms with Crippen molar-refractivity contribution in [1.82, 2.24) is 0 Å². The summed E-state index contributed by atoms with van der Waals surface area (Å²) < 4.78 is 5.16. The van der Waals surface area contributed by atoms with E-state index in [-0.39, 0.29) is 0 Å². The smallest absolute Gasteiger partial charge is 0.124 e. The third-order valence-corrected chi connectivity index (χ3v) is 6.91. The predicted molar refractivity (Wildman–Crippen MR) is 104 cm³/mol. The minimum absolute atomic E-state index is 0.411. The van der Waals surface area contributed by atoms with Crippen molar-refractivity contribution < 1.29 is 9.53 Å². The highest BCUT2D eigenvalue weighted by molar-refractivity contribution is 8.01. The third kappa shape index (κ3) is 5.27. The maximum Gasteiger partial charge on any atom is 0.124 e. The molecule has 1 aromatic carbocycles. The van der Waals surface area contributed by atoms with Gasteiger partial charge in [-0.1, -0.05) is 32.9 Å². The Labute approximate surface area is 151 Å². The lowest BCUT2D eigenvalue weighted by atomic mass is 9.88. The molecule has 3 rings (SSSR count). The van der Waals surface area contributed by atoms with Crippen LogP contribution in [0.5, 0.6) is 5.75 Å². The predicted octanol–water partition coefficient (Wildman–Crippen LogP) is 5.70. The van der Waals surface area contributed by atoms with Crippen LogP contribution < -0.4 is 4.74 Å². The quantitative estimate of drug-likeness (QED) is 0.616. The summed E-state index contributed by atoms with van der Waals surface area (Å²) in [5.41, 5.74) is 1.44. The van der Waals surface area contributed by atoms with Crippen molar-refractivity contribution in [2.75, 3.05) is 7.11 Å². The molecule has 0 N–H and O–H groups in total. The van der Waals surface area contributed by atoms with Gasteiger partial charge < -0.3 is 9.53 Å². The second-order valence-corrected chi connectivity index (χ2v) is 8.96. The molecule has 1 aromatic rings. The molecule has 0 radical (unpaired) electrons. The Bertz CT molecular complexity index is 497. The van der Waals surface area contributed by atoms with Gasteiger partial charge >= 0.3 is 0 Å². The standard InChI is InChI=1S/C14H22O.C7H10OS/c1-5-12(10-11(2)3)13-6-8-14(15-4)9-7-13;8-4-5-3-6-1-2-7(5)9-6/h6-9,11-12H,5,10H2,1-4H3;4-7H,1-3H2. The van der Waals surface area contributed by atoms with E-state index in [0.717, 1.165) is 23.2 Å². The molecule has 0 spiro atoms. The zero-order valence-corrected chi connectivity index (χ0v) is 16.4. The SMILES string of the molecule is CCC(CC(C)C)c1ccc(OC)cc1.O=CC1CC2CCC1S2. The lowest BCUT2D eigenvalue weighted by Gasteiger charge is -2.17. The van der Waals surface area contributed by atoms with Gasteiger partial charge in [-0.2, -0.15) is 11.8 Å². The maximum absolute atomic E-state index is 10.4. The van der Waals surface area contributed by atoms with Crippen LogP contribution in [-0.2, 0) is 4.79 Å². The molecule has 2 nitrogen and oxygen atoms in total. The Kier molecular flexibility index (Phi) is 7.67. The van der Waals surface area contributed by atoms with Crippen molar-refractivity contribution in [3.63, 3.8) is 0 Å². The normalized spacial score (nSPS) is 26.0. The summed E-state index contributed by atoms with van der Waals surface area (Å²) in [6.07, 6.45) is 7.45. The Morgan fingerprint density at radius 1 is 1.25 bits per heavy atom. The third-order valence-electron chi connectivity index (χ3n) is 5.16. The molecule has 2 heterocycles. The van der Waals surface area contributed by atoms with Crippen LogP contribution in [0.2, 0.25) is 0 Å². The van der Waals surface area contributed by atoms with Gasteiger partial charge in [-0.3, -0.25) is 0 Å². The molecule has 4 unspecified atom stereocenters. The van der Waals surface area contributed by atoms with Crippen LogP contribution in [0.3, 0.4) is 0 Å². The van der Waals surface area contributed by atoms with Crippen LogP contribution in [0, 0.1) is 11.8 Å². The van der Waals surface area contributed by atoms with E-state index in [1.54, 1.807) is 7.11 Å². The van der Waals surface area contributed by atoms with E-state index in [1.165, 1.54) is 37.7 Å². The summed E-state index contributed by atoms with van der Waals surface area (Å²) in [4.78, 5) is 10.4. The van der Waals surface area contributed by atoms with Crippen molar-refractivity contribution in [2.45, 2.75) is 69.3 Å². The fraction of sp³-hybridized carbons (Fsp3) is 0.667. The Balaban J connectivity index is 0.000000194. The molecule has 4 atom stereocenters. The number of benzene rings is 1. The molecular formula is C21H32O2S. The summed E-state index contributed by atoms with van der Waals surface area (Å²) in [7, 11) is 1.71. The van der Waals surface area contributed by atoms with Gasteiger partial charge in [0.1, 0.15) is 12.0 Å². The fourth-order valence-electron chi connectivity index (χ4n) is 3.80. The molecule has 2 fully saturated rings. The number of hydrogen-bond acceptors (Lipinski definition) is 3. The highest BCUT2D eigenvalue weighted by Crippen LogP contribution is 2.48. The molecule has 0 aliphatic carbocycles. The average molecular weight is 349 g/mol. The highest BCUT2D eigenvalue weighted by Gasteiger charge is 2.39. The lowest BCUT2D eigenvalue weighted by Crippen LogP contribution is -2.16.